The lowest BCUT2D eigenvalue weighted by molar-refractivity contribution is -0.387. The number of nitrogens with zero attached hydrogens (tertiary/aromatic N) is 1. The lowest BCUT2D eigenvalue weighted by atomic mass is 10.1. The van der Waals surface area contributed by atoms with Crippen LogP contribution in [0.2, 0.25) is 0 Å². The third-order valence-electron chi connectivity index (χ3n) is 2.26. The van der Waals surface area contributed by atoms with Gasteiger partial charge in [0.05, 0.1) is 10.6 Å². The highest BCUT2D eigenvalue weighted by molar-refractivity contribution is 7.09. The highest BCUT2D eigenvalue weighted by Gasteiger charge is 2.16. The maximum atomic E-state index is 13.1. The van der Waals surface area contributed by atoms with E-state index >= 15 is 0 Å². The Labute approximate surface area is 98.7 Å². The Balaban J connectivity index is 2.61. The average Bonchev–Trinajstić information content (AvgIpc) is 2.58. The highest BCUT2D eigenvalue weighted by Crippen LogP contribution is 2.27. The van der Waals surface area contributed by atoms with Gasteiger partial charge in [-0.3, -0.25) is 14.9 Å². The van der Waals surface area contributed by atoms with Crippen LogP contribution in [0.3, 0.4) is 0 Å². The number of halogens is 1. The highest BCUT2D eigenvalue weighted by atomic mass is 32.1. The maximum absolute atomic E-state index is 13.1. The molecule has 0 saturated carbocycles. The number of H-pyrrole nitrogens is 1. The van der Waals surface area contributed by atoms with Crippen LogP contribution < -0.4 is 4.87 Å². The Hall–Kier alpha value is -2.02. The number of aromatic nitrogens is 1. The number of nitro groups is 1. The van der Waals surface area contributed by atoms with Gasteiger partial charge in [0.1, 0.15) is 0 Å². The van der Waals surface area contributed by atoms with Crippen molar-refractivity contribution in [3.05, 3.63) is 48.7 Å². The molecule has 0 amide bonds. The Morgan fingerprint density at radius 3 is 2.71 bits per heavy atom. The standard InChI is InChI=1S/C10H7FN2O3S/c1-5-9(12-10(14)17-5)6-2-3-7(11)8(4-6)13(15)16/h2-4H,1H3,(H,12,14). The number of rotatable bonds is 2. The van der Waals surface area contributed by atoms with Crippen LogP contribution in [0.1, 0.15) is 4.88 Å². The molecule has 0 fully saturated rings. The second kappa shape index (κ2) is 4.10. The van der Waals surface area contributed by atoms with E-state index in [-0.39, 0.29) is 4.87 Å². The summed E-state index contributed by atoms with van der Waals surface area (Å²) in [5.74, 6) is -0.894. The number of aromatic amines is 1. The molecule has 1 aromatic heterocycles. The number of hydrogen-bond acceptors (Lipinski definition) is 4. The summed E-state index contributed by atoms with van der Waals surface area (Å²) in [7, 11) is 0. The maximum Gasteiger partial charge on any atom is 0.305 e. The molecule has 0 aliphatic heterocycles. The van der Waals surface area contributed by atoms with Gasteiger partial charge >= 0.3 is 10.6 Å². The third-order valence-corrected chi connectivity index (χ3v) is 3.05. The molecule has 0 aliphatic carbocycles. The number of benzene rings is 1. The molecule has 0 radical (unpaired) electrons. The molecule has 1 heterocycles. The molecule has 0 aliphatic rings. The van der Waals surface area contributed by atoms with Crippen molar-refractivity contribution in [2.24, 2.45) is 0 Å². The largest absolute Gasteiger partial charge is 0.312 e. The molecule has 1 aromatic carbocycles. The smallest absolute Gasteiger partial charge is 0.305 e. The molecule has 0 spiro atoms. The van der Waals surface area contributed by atoms with Gasteiger partial charge in [-0.15, -0.1) is 0 Å². The van der Waals surface area contributed by atoms with E-state index in [1.807, 2.05) is 0 Å². The Bertz CT molecular complexity index is 647. The Morgan fingerprint density at radius 2 is 2.18 bits per heavy atom. The monoisotopic (exact) mass is 254 g/mol. The van der Waals surface area contributed by atoms with Gasteiger partial charge in [-0.05, 0) is 19.1 Å². The second-order valence-corrected chi connectivity index (χ2v) is 4.56. The molecule has 88 valence electrons. The number of thiazole rings is 1. The summed E-state index contributed by atoms with van der Waals surface area (Å²) in [4.78, 5) is 23.9. The minimum Gasteiger partial charge on any atom is -0.312 e. The fourth-order valence-electron chi connectivity index (χ4n) is 1.49. The second-order valence-electron chi connectivity index (χ2n) is 3.37. The predicted octanol–water partition coefficient (Wildman–Crippen LogP) is 2.46. The van der Waals surface area contributed by atoms with Crippen molar-refractivity contribution in [3.8, 4) is 11.3 Å². The van der Waals surface area contributed by atoms with Gasteiger partial charge in [-0.25, -0.2) is 0 Å². The first-order chi connectivity index (χ1) is 7.99. The summed E-state index contributed by atoms with van der Waals surface area (Å²) in [6.07, 6.45) is 0. The van der Waals surface area contributed by atoms with Gasteiger partial charge in [0, 0.05) is 16.5 Å². The summed E-state index contributed by atoms with van der Waals surface area (Å²) in [5.41, 5.74) is 0.311. The molecule has 0 bridgehead atoms. The molecule has 0 atom stereocenters. The van der Waals surface area contributed by atoms with Crippen LogP contribution in [0, 0.1) is 22.9 Å². The van der Waals surface area contributed by atoms with E-state index in [2.05, 4.69) is 4.98 Å². The van der Waals surface area contributed by atoms with Crippen molar-refractivity contribution >= 4 is 17.0 Å². The first-order valence-electron chi connectivity index (χ1n) is 4.63. The van der Waals surface area contributed by atoms with E-state index in [1.54, 1.807) is 6.92 Å². The van der Waals surface area contributed by atoms with Crippen molar-refractivity contribution < 1.29 is 9.31 Å². The van der Waals surface area contributed by atoms with Crippen LogP contribution in [0.25, 0.3) is 11.3 Å². The zero-order valence-corrected chi connectivity index (χ0v) is 9.51. The summed E-state index contributed by atoms with van der Waals surface area (Å²) >= 11 is 1.01. The number of hydrogen-bond donors (Lipinski definition) is 1. The van der Waals surface area contributed by atoms with Crippen LogP contribution in [0.4, 0.5) is 10.1 Å². The van der Waals surface area contributed by atoms with E-state index in [0.29, 0.717) is 16.1 Å². The summed E-state index contributed by atoms with van der Waals surface area (Å²) in [6.45, 7) is 1.72. The van der Waals surface area contributed by atoms with Crippen LogP contribution in [0.15, 0.2) is 23.0 Å². The van der Waals surface area contributed by atoms with E-state index < -0.39 is 16.4 Å². The topological polar surface area (TPSA) is 76.0 Å². The first kappa shape index (κ1) is 11.5. The van der Waals surface area contributed by atoms with Crippen LogP contribution >= 0.6 is 11.3 Å². The first-order valence-corrected chi connectivity index (χ1v) is 5.44. The Kier molecular flexibility index (Phi) is 2.76. The lowest BCUT2D eigenvalue weighted by Crippen LogP contribution is -1.95. The predicted molar refractivity (Wildman–Crippen MR) is 61.7 cm³/mol. The number of nitrogens with one attached hydrogen (secondary N) is 1. The average molecular weight is 254 g/mol. The zero-order valence-electron chi connectivity index (χ0n) is 8.69. The quantitative estimate of drug-likeness (QED) is 0.660. The van der Waals surface area contributed by atoms with Crippen LogP contribution in [-0.4, -0.2) is 9.91 Å². The number of nitro benzene ring substituents is 1. The van der Waals surface area contributed by atoms with Gasteiger partial charge in [0.15, 0.2) is 0 Å². The van der Waals surface area contributed by atoms with Crippen molar-refractivity contribution in [1.82, 2.24) is 4.98 Å². The normalized spacial score (nSPS) is 10.5. The molecule has 7 heteroatoms. The van der Waals surface area contributed by atoms with Gasteiger partial charge in [0.25, 0.3) is 0 Å². The van der Waals surface area contributed by atoms with Gasteiger partial charge < -0.3 is 4.98 Å². The van der Waals surface area contributed by atoms with E-state index in [9.17, 15) is 19.3 Å². The van der Waals surface area contributed by atoms with Crippen molar-refractivity contribution in [2.45, 2.75) is 6.92 Å². The van der Waals surface area contributed by atoms with Crippen molar-refractivity contribution in [2.75, 3.05) is 0 Å². The lowest BCUT2D eigenvalue weighted by Gasteiger charge is -2.00. The molecular weight excluding hydrogens is 247 g/mol. The molecule has 2 rings (SSSR count). The fraction of sp³-hybridized carbons (Fsp3) is 0.100. The zero-order chi connectivity index (χ0) is 12.6. The minimum absolute atomic E-state index is 0.246. The van der Waals surface area contributed by atoms with E-state index in [4.69, 9.17) is 0 Å². The molecule has 2 aromatic rings. The van der Waals surface area contributed by atoms with Gasteiger partial charge in [0.2, 0.25) is 5.82 Å². The van der Waals surface area contributed by atoms with Gasteiger partial charge in [-0.1, -0.05) is 11.3 Å². The van der Waals surface area contributed by atoms with E-state index in [1.165, 1.54) is 6.07 Å². The van der Waals surface area contributed by atoms with Crippen LogP contribution in [-0.2, 0) is 0 Å². The molecule has 5 nitrogen and oxygen atoms in total. The Morgan fingerprint density at radius 1 is 1.47 bits per heavy atom. The third kappa shape index (κ3) is 2.09. The van der Waals surface area contributed by atoms with Crippen molar-refractivity contribution in [3.63, 3.8) is 0 Å². The molecular formula is C10H7FN2O3S. The SMILES string of the molecule is Cc1sc(=O)[nH]c1-c1ccc(F)c([N+](=O)[O-])c1. The minimum atomic E-state index is -0.894. The summed E-state index contributed by atoms with van der Waals surface area (Å²) in [5, 5.41) is 10.6. The van der Waals surface area contributed by atoms with Crippen LogP contribution in [0.5, 0.6) is 0 Å². The molecule has 0 unspecified atom stereocenters. The summed E-state index contributed by atoms with van der Waals surface area (Å²) in [6, 6.07) is 3.52. The number of aryl methyl sites for hydroxylation is 1. The van der Waals surface area contributed by atoms with E-state index in [0.717, 1.165) is 23.5 Å². The molecule has 0 saturated heterocycles. The van der Waals surface area contributed by atoms with Crippen molar-refractivity contribution in [1.29, 1.82) is 0 Å². The van der Waals surface area contributed by atoms with Gasteiger partial charge in [-0.2, -0.15) is 4.39 Å². The molecule has 17 heavy (non-hydrogen) atoms. The summed E-state index contributed by atoms with van der Waals surface area (Å²) < 4.78 is 13.1. The fourth-order valence-corrected chi connectivity index (χ4v) is 2.19. The molecule has 1 N–H and O–H groups in total.